The van der Waals surface area contributed by atoms with E-state index in [4.69, 9.17) is 4.74 Å². The van der Waals surface area contributed by atoms with Gasteiger partial charge in [0.1, 0.15) is 6.61 Å². The zero-order valence-corrected chi connectivity index (χ0v) is 10.4. The largest absolute Gasteiger partial charge is 1.00 e. The zero-order chi connectivity index (χ0) is 6.41. The van der Waals surface area contributed by atoms with E-state index in [0.29, 0.717) is 13.2 Å². The standard InChI is InChI=1S/C4H8O2S2.K.H/c1-5-2-3-6-4(7)8;;/h2-3H2,1H3,(H,7,8);;/q;+1;-1. The fourth-order valence-electron chi connectivity index (χ4n) is 0.212. The topological polar surface area (TPSA) is 18.5 Å². The minimum absolute atomic E-state index is 0. The number of hydrogen-bond donors (Lipinski definition) is 1. The van der Waals surface area contributed by atoms with Crippen LogP contribution >= 0.6 is 24.8 Å². The Labute approximate surface area is 110 Å². The predicted molar refractivity (Wildman–Crippen MR) is 40.5 cm³/mol. The second kappa shape index (κ2) is 9.84. The summed E-state index contributed by atoms with van der Waals surface area (Å²) in [4.78, 5) is 0. The molecule has 0 saturated heterocycles. The maximum Gasteiger partial charge on any atom is 1.00 e. The molecule has 2 nitrogen and oxygen atoms in total. The van der Waals surface area contributed by atoms with Gasteiger partial charge in [0.05, 0.1) is 6.61 Å². The molecule has 0 aromatic rings. The molecule has 0 atom stereocenters. The molecule has 0 radical (unpaired) electrons. The van der Waals surface area contributed by atoms with Crippen molar-refractivity contribution >= 4 is 29.2 Å². The van der Waals surface area contributed by atoms with Gasteiger partial charge in [-0.2, -0.15) is 0 Å². The van der Waals surface area contributed by atoms with E-state index in [0.717, 1.165) is 0 Å². The van der Waals surface area contributed by atoms with Gasteiger partial charge >= 0.3 is 51.4 Å². The Balaban J connectivity index is -0.000000245. The van der Waals surface area contributed by atoms with Crippen molar-refractivity contribution in [2.45, 2.75) is 0 Å². The summed E-state index contributed by atoms with van der Waals surface area (Å²) in [5.74, 6) is 0. The quantitative estimate of drug-likeness (QED) is 0.241. The molecule has 0 aliphatic heterocycles. The molecule has 0 aliphatic carbocycles. The minimum Gasteiger partial charge on any atom is -1.00 e. The van der Waals surface area contributed by atoms with E-state index in [1.807, 2.05) is 0 Å². The van der Waals surface area contributed by atoms with Crippen LogP contribution in [0.5, 0.6) is 0 Å². The summed E-state index contributed by atoms with van der Waals surface area (Å²) in [6.45, 7) is 1.04. The summed E-state index contributed by atoms with van der Waals surface area (Å²) in [6, 6.07) is 0. The molecule has 0 spiro atoms. The van der Waals surface area contributed by atoms with Crippen molar-refractivity contribution in [1.29, 1.82) is 0 Å². The van der Waals surface area contributed by atoms with Crippen molar-refractivity contribution in [1.82, 2.24) is 0 Å². The number of thiol groups is 1. The molecule has 0 rings (SSSR count). The van der Waals surface area contributed by atoms with Crippen LogP contribution in [0.15, 0.2) is 0 Å². The first-order valence-electron chi connectivity index (χ1n) is 2.12. The predicted octanol–water partition coefficient (Wildman–Crippen LogP) is -2.02. The third kappa shape index (κ3) is 12.9. The van der Waals surface area contributed by atoms with Crippen molar-refractivity contribution in [3.8, 4) is 0 Å². The van der Waals surface area contributed by atoms with E-state index in [-0.39, 0.29) is 57.2 Å². The third-order valence-corrected chi connectivity index (χ3v) is 0.760. The van der Waals surface area contributed by atoms with Crippen molar-refractivity contribution in [3.05, 3.63) is 0 Å². The molecular weight excluding hydrogens is 183 g/mol. The molecule has 0 saturated carbocycles. The van der Waals surface area contributed by atoms with Crippen molar-refractivity contribution in [2.24, 2.45) is 0 Å². The van der Waals surface area contributed by atoms with Crippen LogP contribution in [-0.2, 0) is 9.47 Å². The van der Waals surface area contributed by atoms with E-state index < -0.39 is 0 Å². The SMILES string of the molecule is COCCOC(=S)S.[H-].[K+]. The van der Waals surface area contributed by atoms with Crippen LogP contribution < -0.4 is 51.4 Å². The van der Waals surface area contributed by atoms with Gasteiger partial charge in [0, 0.05) is 7.11 Å². The maximum absolute atomic E-state index is 4.75. The van der Waals surface area contributed by atoms with Gasteiger partial charge in [-0.25, -0.2) is 0 Å². The number of thiocarbonyl (C=S) groups is 1. The zero-order valence-electron chi connectivity index (χ0n) is 6.59. The minimum atomic E-state index is 0. The van der Waals surface area contributed by atoms with Gasteiger partial charge in [-0.3, -0.25) is 0 Å². The van der Waals surface area contributed by atoms with Crippen LogP contribution in [0.3, 0.4) is 0 Å². The summed E-state index contributed by atoms with van der Waals surface area (Å²) in [5, 5.41) is 0. The number of ether oxygens (including phenoxy) is 2. The smallest absolute Gasteiger partial charge is 1.00 e. The Bertz CT molecular complexity index is 83.7. The molecule has 0 unspecified atom stereocenters. The Kier molecular flexibility index (Phi) is 14.7. The van der Waals surface area contributed by atoms with Gasteiger partial charge in [-0.1, -0.05) is 12.6 Å². The molecule has 5 heteroatoms. The van der Waals surface area contributed by atoms with Crippen LogP contribution in [0.4, 0.5) is 0 Å². The third-order valence-electron chi connectivity index (χ3n) is 0.513. The summed E-state index contributed by atoms with van der Waals surface area (Å²) < 4.78 is 9.69. The molecule has 50 valence electrons. The second-order valence-electron chi connectivity index (χ2n) is 1.11. The Hall–Kier alpha value is 1.84. The van der Waals surface area contributed by atoms with Crippen molar-refractivity contribution in [3.63, 3.8) is 0 Å². The van der Waals surface area contributed by atoms with Gasteiger partial charge in [0.2, 0.25) is 4.38 Å². The van der Waals surface area contributed by atoms with E-state index in [2.05, 4.69) is 29.6 Å². The van der Waals surface area contributed by atoms with Gasteiger partial charge in [0.15, 0.2) is 0 Å². The Morgan fingerprint density at radius 3 is 2.56 bits per heavy atom. The molecule has 0 N–H and O–H groups in total. The molecule has 0 aromatic carbocycles. The monoisotopic (exact) mass is 192 g/mol. The molecular formula is C4H9KO2S2. The van der Waals surface area contributed by atoms with Crippen molar-refractivity contribution < 1.29 is 62.3 Å². The first kappa shape index (κ1) is 13.4. The van der Waals surface area contributed by atoms with Gasteiger partial charge in [-0.15, -0.1) is 0 Å². The first-order valence-corrected chi connectivity index (χ1v) is 2.97. The molecule has 0 amide bonds. The average molecular weight is 192 g/mol. The molecule has 0 heterocycles. The van der Waals surface area contributed by atoms with Gasteiger partial charge in [-0.05, 0) is 12.2 Å². The number of hydrogen-bond acceptors (Lipinski definition) is 3. The van der Waals surface area contributed by atoms with Crippen LogP contribution in [0, 0.1) is 0 Å². The van der Waals surface area contributed by atoms with E-state index in [1.54, 1.807) is 7.11 Å². The molecule has 0 aliphatic rings. The fourth-order valence-corrected chi connectivity index (χ4v) is 0.387. The van der Waals surface area contributed by atoms with Crippen LogP contribution in [-0.4, -0.2) is 24.7 Å². The summed E-state index contributed by atoms with van der Waals surface area (Å²) in [7, 11) is 1.60. The molecule has 0 fully saturated rings. The molecule has 0 aromatic heterocycles. The van der Waals surface area contributed by atoms with Crippen molar-refractivity contribution in [2.75, 3.05) is 20.3 Å². The van der Waals surface area contributed by atoms with Crippen LogP contribution in [0.25, 0.3) is 0 Å². The van der Waals surface area contributed by atoms with E-state index in [1.165, 1.54) is 0 Å². The number of rotatable bonds is 3. The Morgan fingerprint density at radius 2 is 2.22 bits per heavy atom. The van der Waals surface area contributed by atoms with Crippen LogP contribution in [0.1, 0.15) is 1.43 Å². The number of methoxy groups -OCH3 is 1. The van der Waals surface area contributed by atoms with Gasteiger partial charge < -0.3 is 10.9 Å². The summed E-state index contributed by atoms with van der Waals surface area (Å²) in [5.41, 5.74) is 0. The van der Waals surface area contributed by atoms with Gasteiger partial charge in [0.25, 0.3) is 0 Å². The average Bonchev–Trinajstić information content (AvgIpc) is 1.66. The Morgan fingerprint density at radius 1 is 1.67 bits per heavy atom. The summed E-state index contributed by atoms with van der Waals surface area (Å²) >= 11 is 8.22. The first-order chi connectivity index (χ1) is 3.77. The fraction of sp³-hybridized carbons (Fsp3) is 0.750. The maximum atomic E-state index is 4.75. The normalized spacial score (nSPS) is 7.78. The van der Waals surface area contributed by atoms with E-state index >= 15 is 0 Å². The van der Waals surface area contributed by atoms with Crippen LogP contribution in [0.2, 0.25) is 0 Å². The molecule has 9 heavy (non-hydrogen) atoms. The second-order valence-corrected chi connectivity index (χ2v) is 2.19. The molecule has 0 bridgehead atoms. The summed E-state index contributed by atoms with van der Waals surface area (Å²) in [6.07, 6.45) is 0. The van der Waals surface area contributed by atoms with E-state index in [9.17, 15) is 0 Å².